The molecule has 2 saturated heterocycles. The Balaban J connectivity index is 1.42. The van der Waals surface area contributed by atoms with Gasteiger partial charge in [-0.3, -0.25) is 0 Å². The first-order valence-electron chi connectivity index (χ1n) is 6.46. The smallest absolute Gasteiger partial charge is 0.188 e. The van der Waals surface area contributed by atoms with Crippen molar-refractivity contribution in [2.75, 3.05) is 0 Å². The summed E-state index contributed by atoms with van der Waals surface area (Å²) in [7, 11) is 0. The average molecular weight is 248 g/mol. The van der Waals surface area contributed by atoms with Crippen molar-refractivity contribution in [1.82, 2.24) is 0 Å². The third-order valence-electron chi connectivity index (χ3n) is 4.19. The van der Waals surface area contributed by atoms with Crippen LogP contribution in [-0.4, -0.2) is 35.3 Å². The van der Waals surface area contributed by atoms with E-state index in [2.05, 4.69) is 0 Å². The van der Waals surface area contributed by atoms with E-state index < -0.39 is 5.60 Å². The fraction of sp³-hybridized carbons (Fsp3) is 0.571. The van der Waals surface area contributed by atoms with Gasteiger partial charge in [0.25, 0.3) is 0 Å². The van der Waals surface area contributed by atoms with Gasteiger partial charge < -0.3 is 19.3 Å². The molecule has 3 aliphatic rings. The van der Waals surface area contributed by atoms with Crippen LogP contribution >= 0.6 is 0 Å². The first-order valence-corrected chi connectivity index (χ1v) is 6.46. The Morgan fingerprint density at radius 3 is 2.83 bits per heavy atom. The summed E-state index contributed by atoms with van der Waals surface area (Å²) in [6, 6.07) is 10.1. The summed E-state index contributed by atoms with van der Waals surface area (Å²) in [6.45, 7) is 0.567. The normalized spacial score (nSPS) is 44.7. The fourth-order valence-corrected chi connectivity index (χ4v) is 3.15. The van der Waals surface area contributed by atoms with E-state index in [1.54, 1.807) is 0 Å². The number of hydrogen-bond donors (Lipinski definition) is 1. The van der Waals surface area contributed by atoms with Crippen LogP contribution in [0.15, 0.2) is 30.3 Å². The summed E-state index contributed by atoms with van der Waals surface area (Å²) in [5.74, 6) is 0. The van der Waals surface area contributed by atoms with Crippen LogP contribution in [0.2, 0.25) is 0 Å². The van der Waals surface area contributed by atoms with Crippen molar-refractivity contribution in [3.63, 3.8) is 0 Å². The lowest BCUT2D eigenvalue weighted by Crippen LogP contribution is -2.44. The molecular formula is C14H16O4. The molecule has 18 heavy (non-hydrogen) atoms. The number of ether oxygens (including phenoxy) is 3. The van der Waals surface area contributed by atoms with Crippen molar-refractivity contribution in [3.05, 3.63) is 35.9 Å². The van der Waals surface area contributed by atoms with Gasteiger partial charge in [0.15, 0.2) is 6.29 Å². The Morgan fingerprint density at radius 2 is 2.00 bits per heavy atom. The first kappa shape index (κ1) is 10.9. The summed E-state index contributed by atoms with van der Waals surface area (Å²) >= 11 is 0. The van der Waals surface area contributed by atoms with Crippen molar-refractivity contribution in [2.24, 2.45) is 0 Å². The van der Waals surface area contributed by atoms with Gasteiger partial charge in [-0.05, 0) is 18.4 Å². The maximum absolute atomic E-state index is 10.5. The van der Waals surface area contributed by atoms with Crippen LogP contribution in [0.4, 0.5) is 0 Å². The lowest BCUT2D eigenvalue weighted by Gasteiger charge is -2.26. The second-order valence-corrected chi connectivity index (χ2v) is 5.35. The third kappa shape index (κ3) is 1.53. The molecule has 1 aromatic carbocycles. The van der Waals surface area contributed by atoms with Crippen molar-refractivity contribution < 1.29 is 19.3 Å². The van der Waals surface area contributed by atoms with Crippen LogP contribution in [0.5, 0.6) is 0 Å². The zero-order chi connectivity index (χ0) is 12.2. The SMILES string of the molecule is O[C@]12CC[C@@H](OCc3ccccc3)[C@H]1O[C@@H]1O[C@@H]12. The molecule has 0 aromatic heterocycles. The predicted molar refractivity (Wildman–Crippen MR) is 62.7 cm³/mol. The molecule has 1 aromatic rings. The molecule has 0 bridgehead atoms. The molecule has 5 atom stereocenters. The van der Waals surface area contributed by atoms with Crippen molar-refractivity contribution in [2.45, 2.75) is 49.7 Å². The maximum Gasteiger partial charge on any atom is 0.188 e. The summed E-state index contributed by atoms with van der Waals surface area (Å²) < 4.78 is 16.8. The Hall–Kier alpha value is -0.940. The number of fused-ring (bicyclic) bond motifs is 3. The number of rotatable bonds is 3. The highest BCUT2D eigenvalue weighted by Crippen LogP contribution is 2.52. The second kappa shape index (κ2) is 3.78. The molecule has 4 rings (SSSR count). The fourth-order valence-electron chi connectivity index (χ4n) is 3.15. The van der Waals surface area contributed by atoms with E-state index in [0.29, 0.717) is 13.0 Å². The number of hydrogen-bond acceptors (Lipinski definition) is 4. The largest absolute Gasteiger partial charge is 0.384 e. The van der Waals surface area contributed by atoms with Crippen LogP contribution in [0.3, 0.4) is 0 Å². The van der Waals surface area contributed by atoms with Gasteiger partial charge in [0, 0.05) is 0 Å². The monoisotopic (exact) mass is 248 g/mol. The van der Waals surface area contributed by atoms with E-state index >= 15 is 0 Å². The van der Waals surface area contributed by atoms with E-state index in [4.69, 9.17) is 14.2 Å². The Morgan fingerprint density at radius 1 is 1.22 bits per heavy atom. The minimum absolute atomic E-state index is 0.0217. The highest BCUT2D eigenvalue weighted by Gasteiger charge is 2.70. The van der Waals surface area contributed by atoms with E-state index in [1.807, 2.05) is 30.3 Å². The molecule has 1 aliphatic carbocycles. The van der Waals surface area contributed by atoms with Gasteiger partial charge in [0.05, 0.1) is 12.7 Å². The third-order valence-corrected chi connectivity index (χ3v) is 4.19. The molecule has 0 spiro atoms. The summed E-state index contributed by atoms with van der Waals surface area (Å²) in [4.78, 5) is 0. The summed E-state index contributed by atoms with van der Waals surface area (Å²) in [5, 5.41) is 10.5. The predicted octanol–water partition coefficient (Wildman–Crippen LogP) is 1.22. The van der Waals surface area contributed by atoms with Crippen LogP contribution in [0, 0.1) is 0 Å². The minimum atomic E-state index is -0.813. The lowest BCUT2D eigenvalue weighted by molar-refractivity contribution is -0.149. The topological polar surface area (TPSA) is 51.2 Å². The maximum atomic E-state index is 10.5. The van der Waals surface area contributed by atoms with Crippen molar-refractivity contribution in [3.8, 4) is 0 Å². The molecule has 96 valence electrons. The molecule has 4 nitrogen and oxygen atoms in total. The van der Waals surface area contributed by atoms with Gasteiger partial charge in [-0.25, -0.2) is 0 Å². The Bertz CT molecular complexity index is 448. The number of benzene rings is 1. The highest BCUT2D eigenvalue weighted by atomic mass is 16.8. The Labute approximate surface area is 105 Å². The van der Waals surface area contributed by atoms with Crippen LogP contribution in [-0.2, 0) is 20.8 Å². The van der Waals surface area contributed by atoms with Gasteiger partial charge >= 0.3 is 0 Å². The quantitative estimate of drug-likeness (QED) is 0.817. The molecule has 0 radical (unpaired) electrons. The molecule has 2 heterocycles. The first-order chi connectivity index (χ1) is 8.77. The minimum Gasteiger partial charge on any atom is -0.384 e. The molecule has 3 fully saturated rings. The van der Waals surface area contributed by atoms with E-state index in [-0.39, 0.29) is 24.6 Å². The lowest BCUT2D eigenvalue weighted by atomic mass is 9.98. The van der Waals surface area contributed by atoms with Crippen molar-refractivity contribution in [1.29, 1.82) is 0 Å². The second-order valence-electron chi connectivity index (χ2n) is 5.35. The van der Waals surface area contributed by atoms with E-state index in [1.165, 1.54) is 0 Å². The van der Waals surface area contributed by atoms with Crippen molar-refractivity contribution >= 4 is 0 Å². The zero-order valence-electron chi connectivity index (χ0n) is 9.99. The molecule has 1 saturated carbocycles. The number of aliphatic hydroxyl groups is 1. The molecule has 1 N–H and O–H groups in total. The molecular weight excluding hydrogens is 232 g/mol. The Kier molecular flexibility index (Phi) is 2.29. The molecule has 2 aliphatic heterocycles. The van der Waals surface area contributed by atoms with Gasteiger partial charge in [0.1, 0.15) is 17.8 Å². The summed E-state index contributed by atoms with van der Waals surface area (Å²) in [5.41, 5.74) is 0.332. The van der Waals surface area contributed by atoms with Crippen LogP contribution < -0.4 is 0 Å². The highest BCUT2D eigenvalue weighted by molar-refractivity contribution is 5.16. The van der Waals surface area contributed by atoms with E-state index in [0.717, 1.165) is 12.0 Å². The van der Waals surface area contributed by atoms with Gasteiger partial charge in [0.2, 0.25) is 0 Å². The standard InChI is InChI=1S/C14H16O4/c15-14-7-6-10(11(14)17-13-12(14)18-13)16-8-9-4-2-1-3-5-9/h1-5,10-13,15H,6-8H2/t10-,11-,12+,13-,14-/m1/s1. The van der Waals surface area contributed by atoms with Crippen LogP contribution in [0.25, 0.3) is 0 Å². The van der Waals surface area contributed by atoms with Gasteiger partial charge in [-0.2, -0.15) is 0 Å². The average Bonchev–Trinajstić information content (AvgIpc) is 3.02. The molecule has 0 unspecified atom stereocenters. The van der Waals surface area contributed by atoms with Gasteiger partial charge in [-0.15, -0.1) is 0 Å². The van der Waals surface area contributed by atoms with E-state index in [9.17, 15) is 5.11 Å². The summed E-state index contributed by atoms with van der Waals surface area (Å²) in [6.07, 6.45) is 0.992. The molecule has 4 heteroatoms. The number of epoxide rings is 1. The van der Waals surface area contributed by atoms with Crippen LogP contribution in [0.1, 0.15) is 18.4 Å². The molecule has 0 amide bonds. The van der Waals surface area contributed by atoms with Gasteiger partial charge in [-0.1, -0.05) is 30.3 Å². The zero-order valence-corrected chi connectivity index (χ0v) is 9.99.